The first-order valence-electron chi connectivity index (χ1n) is 6.56. The summed E-state index contributed by atoms with van der Waals surface area (Å²) in [5.74, 6) is -0.118. The van der Waals surface area contributed by atoms with Crippen LogP contribution in [0, 0.1) is 0 Å². The van der Waals surface area contributed by atoms with Crippen LogP contribution in [0.2, 0.25) is 0 Å². The van der Waals surface area contributed by atoms with E-state index < -0.39 is 6.04 Å². The molecule has 1 aliphatic rings. The van der Waals surface area contributed by atoms with E-state index >= 15 is 0 Å². The van der Waals surface area contributed by atoms with Gasteiger partial charge in [-0.25, -0.2) is 0 Å². The molecule has 0 saturated carbocycles. The third-order valence-corrected chi connectivity index (χ3v) is 3.24. The van der Waals surface area contributed by atoms with Gasteiger partial charge in [-0.05, 0) is 18.5 Å². The Hall–Kier alpha value is -1.88. The van der Waals surface area contributed by atoms with Crippen LogP contribution in [0.1, 0.15) is 24.4 Å². The van der Waals surface area contributed by atoms with E-state index in [0.29, 0.717) is 32.5 Å². The molecule has 19 heavy (non-hydrogen) atoms. The number of piperazine rings is 1. The lowest BCUT2D eigenvalue weighted by molar-refractivity contribution is -0.143. The van der Waals surface area contributed by atoms with Crippen LogP contribution in [0.4, 0.5) is 0 Å². The topological polar surface area (TPSA) is 75.4 Å². The first-order valence-corrected chi connectivity index (χ1v) is 6.56. The molecule has 2 rings (SSSR count). The van der Waals surface area contributed by atoms with Gasteiger partial charge in [-0.1, -0.05) is 30.3 Å². The highest BCUT2D eigenvalue weighted by atomic mass is 16.2. The van der Waals surface area contributed by atoms with Crippen LogP contribution >= 0.6 is 0 Å². The Morgan fingerprint density at radius 3 is 2.79 bits per heavy atom. The van der Waals surface area contributed by atoms with Crippen molar-refractivity contribution in [2.24, 2.45) is 5.73 Å². The van der Waals surface area contributed by atoms with Crippen LogP contribution in [0.3, 0.4) is 0 Å². The Morgan fingerprint density at radius 2 is 2.11 bits per heavy atom. The smallest absolute Gasteiger partial charge is 0.247 e. The molecule has 2 amide bonds. The zero-order valence-corrected chi connectivity index (χ0v) is 10.8. The van der Waals surface area contributed by atoms with E-state index in [1.54, 1.807) is 4.90 Å². The van der Waals surface area contributed by atoms with Gasteiger partial charge in [-0.15, -0.1) is 0 Å². The molecule has 5 nitrogen and oxygen atoms in total. The molecule has 1 aliphatic heterocycles. The Kier molecular flexibility index (Phi) is 4.52. The van der Waals surface area contributed by atoms with Gasteiger partial charge in [0.05, 0.1) is 0 Å². The summed E-state index contributed by atoms with van der Waals surface area (Å²) in [5, 5.41) is 2.81. The summed E-state index contributed by atoms with van der Waals surface area (Å²) in [6.45, 7) is 1.55. The van der Waals surface area contributed by atoms with Crippen molar-refractivity contribution in [3.05, 3.63) is 35.9 Å². The largest absolute Gasteiger partial charge is 0.352 e. The summed E-state index contributed by atoms with van der Waals surface area (Å²) in [5.41, 5.74) is 6.28. The number of nitrogens with one attached hydrogen (secondary N) is 1. The van der Waals surface area contributed by atoms with E-state index in [2.05, 4.69) is 5.32 Å². The van der Waals surface area contributed by atoms with Crippen molar-refractivity contribution >= 4 is 11.8 Å². The average Bonchev–Trinajstić information content (AvgIpc) is 2.45. The predicted octanol–water partition coefficient (Wildman–Crippen LogP) is 0.425. The van der Waals surface area contributed by atoms with Crippen molar-refractivity contribution in [1.82, 2.24) is 10.2 Å². The normalized spacial score (nSPS) is 19.1. The van der Waals surface area contributed by atoms with Crippen LogP contribution in [0.15, 0.2) is 30.3 Å². The van der Waals surface area contributed by atoms with Gasteiger partial charge in [0.25, 0.3) is 0 Å². The fourth-order valence-corrected chi connectivity index (χ4v) is 2.30. The second-order valence-electron chi connectivity index (χ2n) is 4.58. The number of nitrogens with two attached hydrogens (primary N) is 1. The Bertz CT molecular complexity index is 447. The van der Waals surface area contributed by atoms with Gasteiger partial charge in [0.1, 0.15) is 6.04 Å². The number of benzene rings is 1. The van der Waals surface area contributed by atoms with Crippen molar-refractivity contribution in [2.75, 3.05) is 19.6 Å². The maximum atomic E-state index is 12.2. The molecule has 102 valence electrons. The summed E-state index contributed by atoms with van der Waals surface area (Å²) in [6, 6.07) is 8.88. The fraction of sp³-hybridized carbons (Fsp3) is 0.429. The van der Waals surface area contributed by atoms with Crippen LogP contribution < -0.4 is 11.1 Å². The molecule has 1 unspecified atom stereocenters. The molecule has 1 aromatic rings. The molecular formula is C14H19N3O2. The first kappa shape index (κ1) is 13.5. The zero-order valence-electron chi connectivity index (χ0n) is 10.8. The molecule has 5 heteroatoms. The molecule has 0 spiro atoms. The highest BCUT2D eigenvalue weighted by Gasteiger charge is 2.33. The molecular weight excluding hydrogens is 242 g/mol. The molecule has 1 fully saturated rings. The summed E-state index contributed by atoms with van der Waals surface area (Å²) in [7, 11) is 0. The van der Waals surface area contributed by atoms with Gasteiger partial charge in [0.15, 0.2) is 0 Å². The second kappa shape index (κ2) is 6.33. The third kappa shape index (κ3) is 3.12. The number of hydrogen-bond acceptors (Lipinski definition) is 3. The molecule has 0 aromatic heterocycles. The molecule has 1 heterocycles. The number of rotatable bonds is 4. The van der Waals surface area contributed by atoms with Gasteiger partial charge < -0.3 is 16.0 Å². The SMILES string of the molecule is NCCCC(=O)N1CCNC(=O)C1c1ccccc1. The molecule has 0 radical (unpaired) electrons. The average molecular weight is 261 g/mol. The van der Waals surface area contributed by atoms with Crippen molar-refractivity contribution in [3.8, 4) is 0 Å². The van der Waals surface area contributed by atoms with E-state index in [1.807, 2.05) is 30.3 Å². The zero-order chi connectivity index (χ0) is 13.7. The predicted molar refractivity (Wildman–Crippen MR) is 72.2 cm³/mol. The van der Waals surface area contributed by atoms with Crippen LogP contribution in [0.25, 0.3) is 0 Å². The quantitative estimate of drug-likeness (QED) is 0.825. The molecule has 1 saturated heterocycles. The van der Waals surface area contributed by atoms with Gasteiger partial charge in [-0.3, -0.25) is 9.59 Å². The Morgan fingerprint density at radius 1 is 1.37 bits per heavy atom. The van der Waals surface area contributed by atoms with Crippen molar-refractivity contribution < 1.29 is 9.59 Å². The van der Waals surface area contributed by atoms with Crippen molar-refractivity contribution in [3.63, 3.8) is 0 Å². The van der Waals surface area contributed by atoms with E-state index in [9.17, 15) is 9.59 Å². The van der Waals surface area contributed by atoms with Crippen LogP contribution in [-0.2, 0) is 9.59 Å². The minimum absolute atomic E-state index is 0.00541. The standard InChI is InChI=1S/C14H19N3O2/c15-8-4-7-12(18)17-10-9-16-14(19)13(17)11-5-2-1-3-6-11/h1-3,5-6,13H,4,7-10,15H2,(H,16,19). The molecule has 0 bridgehead atoms. The van der Waals surface area contributed by atoms with Crippen molar-refractivity contribution in [1.29, 1.82) is 0 Å². The fourth-order valence-electron chi connectivity index (χ4n) is 2.30. The van der Waals surface area contributed by atoms with Gasteiger partial charge >= 0.3 is 0 Å². The highest BCUT2D eigenvalue weighted by Crippen LogP contribution is 2.23. The number of carbonyl (C=O) groups is 2. The maximum absolute atomic E-state index is 12.2. The van der Waals surface area contributed by atoms with E-state index in [4.69, 9.17) is 5.73 Å². The minimum atomic E-state index is -0.514. The van der Waals surface area contributed by atoms with Gasteiger partial charge in [0, 0.05) is 19.5 Å². The lowest BCUT2D eigenvalue weighted by Gasteiger charge is -2.35. The minimum Gasteiger partial charge on any atom is -0.352 e. The van der Waals surface area contributed by atoms with Crippen molar-refractivity contribution in [2.45, 2.75) is 18.9 Å². The monoisotopic (exact) mass is 261 g/mol. The van der Waals surface area contributed by atoms with E-state index in [0.717, 1.165) is 5.56 Å². The Labute approximate surface area is 112 Å². The number of carbonyl (C=O) groups excluding carboxylic acids is 2. The maximum Gasteiger partial charge on any atom is 0.247 e. The summed E-state index contributed by atoms with van der Waals surface area (Å²) < 4.78 is 0. The Balaban J connectivity index is 2.19. The number of hydrogen-bond donors (Lipinski definition) is 2. The molecule has 0 aliphatic carbocycles. The summed E-state index contributed by atoms with van der Waals surface area (Å²) >= 11 is 0. The highest BCUT2D eigenvalue weighted by molar-refractivity contribution is 5.89. The van der Waals surface area contributed by atoms with E-state index in [1.165, 1.54) is 0 Å². The van der Waals surface area contributed by atoms with Crippen LogP contribution in [-0.4, -0.2) is 36.3 Å². The second-order valence-corrected chi connectivity index (χ2v) is 4.58. The number of nitrogens with zero attached hydrogens (tertiary/aromatic N) is 1. The third-order valence-electron chi connectivity index (χ3n) is 3.24. The lowest BCUT2D eigenvalue weighted by Crippen LogP contribution is -2.52. The van der Waals surface area contributed by atoms with Gasteiger partial charge in [0.2, 0.25) is 11.8 Å². The summed E-state index contributed by atoms with van der Waals surface area (Å²) in [4.78, 5) is 25.9. The first-order chi connectivity index (χ1) is 9.24. The number of amides is 2. The molecule has 1 aromatic carbocycles. The molecule has 1 atom stereocenters. The summed E-state index contributed by atoms with van der Waals surface area (Å²) in [6.07, 6.45) is 1.05. The van der Waals surface area contributed by atoms with Crippen LogP contribution in [0.5, 0.6) is 0 Å². The van der Waals surface area contributed by atoms with E-state index in [-0.39, 0.29) is 11.8 Å². The van der Waals surface area contributed by atoms with Gasteiger partial charge in [-0.2, -0.15) is 0 Å². The lowest BCUT2D eigenvalue weighted by atomic mass is 10.0. The molecule has 3 N–H and O–H groups in total.